The molecule has 0 amide bonds. The van der Waals surface area contributed by atoms with Gasteiger partial charge in [-0.3, -0.25) is 4.79 Å². The second-order valence-electron chi connectivity index (χ2n) is 4.64. The maximum absolute atomic E-state index is 12.3. The van der Waals surface area contributed by atoms with Crippen molar-refractivity contribution in [2.45, 2.75) is 33.3 Å². The number of oxime groups is 1. The SMILES string of the molecule is CCC(=NOC(C)C)C1=C(O)c2ccccc2C1=O. The minimum atomic E-state index is -0.193. The van der Waals surface area contributed by atoms with Crippen molar-refractivity contribution in [3.8, 4) is 0 Å². The average molecular weight is 259 g/mol. The topological polar surface area (TPSA) is 58.9 Å². The first kappa shape index (κ1) is 13.3. The van der Waals surface area contributed by atoms with Gasteiger partial charge in [0.2, 0.25) is 0 Å². The number of hydrogen-bond donors (Lipinski definition) is 1. The largest absolute Gasteiger partial charge is 0.506 e. The Bertz CT molecular complexity index is 571. The van der Waals surface area contributed by atoms with Gasteiger partial charge in [0.05, 0.1) is 11.3 Å². The zero-order valence-corrected chi connectivity index (χ0v) is 11.3. The third-order valence-corrected chi connectivity index (χ3v) is 2.89. The van der Waals surface area contributed by atoms with Crippen LogP contribution in [0.3, 0.4) is 0 Å². The molecule has 1 aromatic rings. The fraction of sp³-hybridized carbons (Fsp3) is 0.333. The van der Waals surface area contributed by atoms with Crippen molar-refractivity contribution in [2.24, 2.45) is 5.16 Å². The number of nitrogens with zero attached hydrogens (tertiary/aromatic N) is 1. The Labute approximate surface area is 112 Å². The molecule has 0 saturated heterocycles. The molecule has 100 valence electrons. The number of carbonyl (C=O) groups is 1. The molecule has 0 spiro atoms. The maximum Gasteiger partial charge on any atom is 0.199 e. The van der Waals surface area contributed by atoms with Crippen molar-refractivity contribution < 1.29 is 14.7 Å². The van der Waals surface area contributed by atoms with Crippen LogP contribution in [0.25, 0.3) is 5.76 Å². The van der Waals surface area contributed by atoms with Crippen LogP contribution in [0.2, 0.25) is 0 Å². The van der Waals surface area contributed by atoms with Crippen molar-refractivity contribution in [1.82, 2.24) is 0 Å². The van der Waals surface area contributed by atoms with E-state index < -0.39 is 0 Å². The highest BCUT2D eigenvalue weighted by Gasteiger charge is 2.32. The predicted octanol–water partition coefficient (Wildman–Crippen LogP) is 3.34. The Hall–Kier alpha value is -2.10. The maximum atomic E-state index is 12.3. The number of hydrogen-bond acceptors (Lipinski definition) is 4. The van der Waals surface area contributed by atoms with E-state index in [0.29, 0.717) is 23.3 Å². The number of Topliss-reactive ketones (excluding diaryl/α,β-unsaturated/α-hetero) is 1. The molecule has 0 saturated carbocycles. The molecule has 4 heteroatoms. The zero-order chi connectivity index (χ0) is 14.0. The minimum Gasteiger partial charge on any atom is -0.506 e. The Morgan fingerprint density at radius 2 is 1.95 bits per heavy atom. The van der Waals surface area contributed by atoms with E-state index in [0.717, 1.165) is 0 Å². The van der Waals surface area contributed by atoms with Gasteiger partial charge in [-0.25, -0.2) is 0 Å². The van der Waals surface area contributed by atoms with Gasteiger partial charge in [0.15, 0.2) is 5.78 Å². The highest BCUT2D eigenvalue weighted by Crippen LogP contribution is 2.32. The molecule has 0 radical (unpaired) electrons. The van der Waals surface area contributed by atoms with E-state index in [1.807, 2.05) is 20.8 Å². The third-order valence-electron chi connectivity index (χ3n) is 2.89. The van der Waals surface area contributed by atoms with Crippen molar-refractivity contribution in [3.05, 3.63) is 41.0 Å². The van der Waals surface area contributed by atoms with E-state index in [-0.39, 0.29) is 23.2 Å². The Balaban J connectivity index is 2.43. The summed E-state index contributed by atoms with van der Waals surface area (Å²) in [5, 5.41) is 14.2. The molecule has 0 heterocycles. The Kier molecular flexibility index (Phi) is 3.69. The van der Waals surface area contributed by atoms with Gasteiger partial charge < -0.3 is 9.94 Å². The van der Waals surface area contributed by atoms with E-state index in [4.69, 9.17) is 4.84 Å². The van der Waals surface area contributed by atoms with Crippen molar-refractivity contribution in [3.63, 3.8) is 0 Å². The molecule has 1 aliphatic carbocycles. The third kappa shape index (κ3) is 2.38. The van der Waals surface area contributed by atoms with Crippen LogP contribution in [0, 0.1) is 0 Å². The lowest BCUT2D eigenvalue weighted by atomic mass is 10.0. The fourth-order valence-corrected chi connectivity index (χ4v) is 1.99. The Morgan fingerprint density at radius 3 is 2.47 bits per heavy atom. The minimum absolute atomic E-state index is 0.00597. The zero-order valence-electron chi connectivity index (χ0n) is 11.3. The summed E-state index contributed by atoms with van der Waals surface area (Å²) < 4.78 is 0. The van der Waals surface area contributed by atoms with Gasteiger partial charge in [0.25, 0.3) is 0 Å². The second kappa shape index (κ2) is 5.26. The first-order chi connectivity index (χ1) is 9.06. The molecule has 2 rings (SSSR count). The molecule has 1 aliphatic rings. The van der Waals surface area contributed by atoms with Gasteiger partial charge >= 0.3 is 0 Å². The number of allylic oxidation sites excluding steroid dienone is 1. The van der Waals surface area contributed by atoms with Gasteiger partial charge in [0.1, 0.15) is 11.9 Å². The molecule has 0 bridgehead atoms. The fourth-order valence-electron chi connectivity index (χ4n) is 1.99. The molecule has 0 aromatic heterocycles. The summed E-state index contributed by atoms with van der Waals surface area (Å²) in [5.41, 5.74) is 1.81. The van der Waals surface area contributed by atoms with Crippen molar-refractivity contribution in [1.29, 1.82) is 0 Å². The first-order valence-electron chi connectivity index (χ1n) is 6.36. The smallest absolute Gasteiger partial charge is 0.199 e. The highest BCUT2D eigenvalue weighted by atomic mass is 16.6. The lowest BCUT2D eigenvalue weighted by molar-refractivity contribution is 0.0851. The molecular weight excluding hydrogens is 242 g/mol. The van der Waals surface area contributed by atoms with Crippen LogP contribution in [-0.4, -0.2) is 22.7 Å². The van der Waals surface area contributed by atoms with Gasteiger partial charge in [-0.2, -0.15) is 0 Å². The number of ketones is 1. The standard InChI is InChI=1S/C15H17NO3/c1-4-12(16-19-9(2)3)13-14(17)10-7-5-6-8-11(10)15(13)18/h5-9,17H,4H2,1-3H3. The van der Waals surface area contributed by atoms with Gasteiger partial charge in [-0.15, -0.1) is 0 Å². The van der Waals surface area contributed by atoms with Gasteiger partial charge in [-0.1, -0.05) is 36.3 Å². The summed E-state index contributed by atoms with van der Waals surface area (Å²) in [6, 6.07) is 7.00. The molecule has 1 aromatic carbocycles. The van der Waals surface area contributed by atoms with E-state index in [1.54, 1.807) is 24.3 Å². The normalized spacial score (nSPS) is 15.2. The van der Waals surface area contributed by atoms with E-state index in [1.165, 1.54) is 0 Å². The summed E-state index contributed by atoms with van der Waals surface area (Å²) in [7, 11) is 0. The van der Waals surface area contributed by atoms with Crippen LogP contribution in [0.1, 0.15) is 43.1 Å². The Morgan fingerprint density at radius 1 is 1.32 bits per heavy atom. The summed E-state index contributed by atoms with van der Waals surface area (Å²) in [5.74, 6) is -0.199. The summed E-state index contributed by atoms with van der Waals surface area (Å²) >= 11 is 0. The first-order valence-corrected chi connectivity index (χ1v) is 6.36. The van der Waals surface area contributed by atoms with E-state index >= 15 is 0 Å². The highest BCUT2D eigenvalue weighted by molar-refractivity contribution is 6.35. The summed E-state index contributed by atoms with van der Waals surface area (Å²) in [4.78, 5) is 17.5. The number of carbonyl (C=O) groups excluding carboxylic acids is 1. The van der Waals surface area contributed by atoms with E-state index in [9.17, 15) is 9.90 Å². The lowest BCUT2D eigenvalue weighted by Gasteiger charge is -2.07. The number of benzene rings is 1. The van der Waals surface area contributed by atoms with Crippen LogP contribution < -0.4 is 0 Å². The van der Waals surface area contributed by atoms with Gasteiger partial charge in [-0.05, 0) is 20.3 Å². The molecule has 0 fully saturated rings. The molecule has 1 N–H and O–H groups in total. The monoisotopic (exact) mass is 259 g/mol. The number of fused-ring (bicyclic) bond motifs is 1. The number of aliphatic hydroxyl groups is 1. The van der Waals surface area contributed by atoms with Crippen LogP contribution in [0.4, 0.5) is 0 Å². The summed E-state index contributed by atoms with van der Waals surface area (Å²) in [6.45, 7) is 5.59. The van der Waals surface area contributed by atoms with Crippen molar-refractivity contribution >= 4 is 17.3 Å². The molecule has 19 heavy (non-hydrogen) atoms. The lowest BCUT2D eigenvalue weighted by Crippen LogP contribution is -2.12. The molecule has 4 nitrogen and oxygen atoms in total. The van der Waals surface area contributed by atoms with Crippen LogP contribution in [0.5, 0.6) is 0 Å². The van der Waals surface area contributed by atoms with Gasteiger partial charge in [0, 0.05) is 11.1 Å². The van der Waals surface area contributed by atoms with Crippen LogP contribution >= 0.6 is 0 Å². The number of aliphatic hydroxyl groups excluding tert-OH is 1. The molecule has 0 atom stereocenters. The van der Waals surface area contributed by atoms with Crippen LogP contribution in [-0.2, 0) is 4.84 Å². The molecule has 0 unspecified atom stereocenters. The van der Waals surface area contributed by atoms with Crippen molar-refractivity contribution in [2.75, 3.05) is 0 Å². The average Bonchev–Trinajstić information content (AvgIpc) is 2.65. The predicted molar refractivity (Wildman–Crippen MR) is 74.3 cm³/mol. The molecule has 0 aliphatic heterocycles. The van der Waals surface area contributed by atoms with Crippen LogP contribution in [0.15, 0.2) is 35.0 Å². The summed E-state index contributed by atoms with van der Waals surface area (Å²) in [6.07, 6.45) is 0.453. The van der Waals surface area contributed by atoms with E-state index in [2.05, 4.69) is 5.16 Å². The molecular formula is C15H17NO3. The number of rotatable bonds is 4. The quantitative estimate of drug-likeness (QED) is 0.666. The second-order valence-corrected chi connectivity index (χ2v) is 4.64.